The van der Waals surface area contributed by atoms with Gasteiger partial charge < -0.3 is 9.80 Å². The number of nitrogens with zero attached hydrogens (tertiary/aromatic N) is 3. The molecule has 3 rings (SSSR count). The van der Waals surface area contributed by atoms with Gasteiger partial charge in [-0.05, 0) is 37.6 Å². The number of piperazine rings is 1. The molecule has 1 aliphatic rings. The van der Waals surface area contributed by atoms with E-state index in [0.717, 1.165) is 29.9 Å². The van der Waals surface area contributed by atoms with Crippen LogP contribution in [0.2, 0.25) is 0 Å². The second kappa shape index (κ2) is 6.93. The Morgan fingerprint density at radius 3 is 2.20 bits per heavy atom. The van der Waals surface area contributed by atoms with E-state index in [1.165, 1.54) is 6.07 Å². The monoisotopic (exact) mass is 339 g/mol. The number of non-ortho nitro benzene ring substituents is 1. The van der Waals surface area contributed by atoms with E-state index in [2.05, 4.69) is 4.90 Å². The second-order valence-electron chi connectivity index (χ2n) is 6.37. The molecule has 0 aromatic heterocycles. The summed E-state index contributed by atoms with van der Waals surface area (Å²) in [6, 6.07) is 12.6. The molecule has 1 aliphatic heterocycles. The molecule has 0 spiro atoms. The molecule has 0 bridgehead atoms. The number of benzene rings is 2. The molecule has 6 nitrogen and oxygen atoms in total. The minimum absolute atomic E-state index is 0.0556. The highest BCUT2D eigenvalue weighted by molar-refractivity contribution is 5.94. The van der Waals surface area contributed by atoms with Gasteiger partial charge in [0, 0.05) is 49.6 Å². The Bertz CT molecular complexity index is 794. The van der Waals surface area contributed by atoms with Gasteiger partial charge in [0.05, 0.1) is 4.92 Å². The molecule has 1 amide bonds. The van der Waals surface area contributed by atoms with Crippen molar-refractivity contribution in [3.63, 3.8) is 0 Å². The zero-order chi connectivity index (χ0) is 18.0. The molecule has 0 atom stereocenters. The van der Waals surface area contributed by atoms with Gasteiger partial charge in [-0.2, -0.15) is 0 Å². The Morgan fingerprint density at radius 2 is 1.64 bits per heavy atom. The van der Waals surface area contributed by atoms with Crippen molar-refractivity contribution in [3.05, 3.63) is 69.3 Å². The maximum absolute atomic E-state index is 12.6. The van der Waals surface area contributed by atoms with Gasteiger partial charge in [0.15, 0.2) is 0 Å². The average molecular weight is 339 g/mol. The number of anilines is 1. The van der Waals surface area contributed by atoms with Gasteiger partial charge in [-0.25, -0.2) is 0 Å². The quantitative estimate of drug-likeness (QED) is 0.636. The third-order valence-electron chi connectivity index (χ3n) is 4.60. The van der Waals surface area contributed by atoms with Crippen molar-refractivity contribution in [3.8, 4) is 0 Å². The fraction of sp³-hybridized carbons (Fsp3) is 0.316. The van der Waals surface area contributed by atoms with Crippen molar-refractivity contribution in [2.75, 3.05) is 31.1 Å². The molecule has 0 saturated carbocycles. The van der Waals surface area contributed by atoms with Crippen molar-refractivity contribution in [1.29, 1.82) is 0 Å². The Kier molecular flexibility index (Phi) is 4.70. The molecule has 6 heteroatoms. The summed E-state index contributed by atoms with van der Waals surface area (Å²) >= 11 is 0. The van der Waals surface area contributed by atoms with E-state index in [9.17, 15) is 14.9 Å². The number of aryl methyl sites for hydroxylation is 2. The van der Waals surface area contributed by atoms with Gasteiger partial charge in [0.25, 0.3) is 11.6 Å². The first kappa shape index (κ1) is 17.0. The lowest BCUT2D eigenvalue weighted by Crippen LogP contribution is -2.49. The summed E-state index contributed by atoms with van der Waals surface area (Å²) < 4.78 is 0. The molecule has 0 unspecified atom stereocenters. The van der Waals surface area contributed by atoms with Gasteiger partial charge in [-0.3, -0.25) is 14.9 Å². The highest BCUT2D eigenvalue weighted by Gasteiger charge is 2.23. The van der Waals surface area contributed by atoms with Crippen LogP contribution in [0.15, 0.2) is 42.5 Å². The molecule has 2 aromatic rings. The van der Waals surface area contributed by atoms with Crippen molar-refractivity contribution < 1.29 is 9.72 Å². The number of carbonyl (C=O) groups is 1. The first-order valence-electron chi connectivity index (χ1n) is 8.31. The molecule has 25 heavy (non-hydrogen) atoms. The SMILES string of the molecule is Cc1ccc(C(=O)N2CCN(c3ccc([N+](=O)[O-])cc3C)CC2)cc1. The number of rotatable bonds is 3. The molecule has 1 saturated heterocycles. The van der Waals surface area contributed by atoms with Gasteiger partial charge in [0.1, 0.15) is 0 Å². The fourth-order valence-corrected chi connectivity index (χ4v) is 3.14. The average Bonchev–Trinajstić information content (AvgIpc) is 2.62. The minimum atomic E-state index is -0.380. The van der Waals surface area contributed by atoms with Crippen LogP contribution in [0.25, 0.3) is 0 Å². The van der Waals surface area contributed by atoms with Crippen molar-refractivity contribution in [2.24, 2.45) is 0 Å². The van der Waals surface area contributed by atoms with Crippen molar-refractivity contribution >= 4 is 17.3 Å². The van der Waals surface area contributed by atoms with E-state index < -0.39 is 0 Å². The van der Waals surface area contributed by atoms with Crippen LogP contribution in [0.1, 0.15) is 21.5 Å². The number of nitro groups is 1. The van der Waals surface area contributed by atoms with Gasteiger partial charge in [0.2, 0.25) is 0 Å². The molecule has 130 valence electrons. The van der Waals surface area contributed by atoms with Crippen LogP contribution in [0.5, 0.6) is 0 Å². The molecular weight excluding hydrogens is 318 g/mol. The predicted octanol–water partition coefficient (Wildman–Crippen LogP) is 3.17. The van der Waals surface area contributed by atoms with Crippen LogP contribution in [0, 0.1) is 24.0 Å². The topological polar surface area (TPSA) is 66.7 Å². The maximum atomic E-state index is 12.6. The molecule has 0 aliphatic carbocycles. The highest BCUT2D eigenvalue weighted by atomic mass is 16.6. The molecule has 0 radical (unpaired) electrons. The summed E-state index contributed by atoms with van der Waals surface area (Å²) in [6.45, 7) is 6.60. The second-order valence-corrected chi connectivity index (χ2v) is 6.37. The summed E-state index contributed by atoms with van der Waals surface area (Å²) in [5, 5.41) is 10.9. The lowest BCUT2D eigenvalue weighted by molar-refractivity contribution is -0.384. The molecule has 1 heterocycles. The number of amides is 1. The third kappa shape index (κ3) is 3.63. The Morgan fingerprint density at radius 1 is 1.00 bits per heavy atom. The van der Waals surface area contributed by atoms with Gasteiger partial charge in [-0.1, -0.05) is 17.7 Å². The third-order valence-corrected chi connectivity index (χ3v) is 4.60. The van der Waals surface area contributed by atoms with Crippen LogP contribution >= 0.6 is 0 Å². The molecule has 0 N–H and O–H groups in total. The van der Waals surface area contributed by atoms with E-state index in [4.69, 9.17) is 0 Å². The standard InChI is InChI=1S/C19H21N3O3/c1-14-3-5-16(6-4-14)19(23)21-11-9-20(10-12-21)18-8-7-17(22(24)25)13-15(18)2/h3-8,13H,9-12H2,1-2H3. The lowest BCUT2D eigenvalue weighted by Gasteiger charge is -2.36. The zero-order valence-corrected chi connectivity index (χ0v) is 14.4. The van der Waals surface area contributed by atoms with Crippen LogP contribution in [-0.4, -0.2) is 41.9 Å². The maximum Gasteiger partial charge on any atom is 0.269 e. The van der Waals surface area contributed by atoms with Gasteiger partial charge >= 0.3 is 0 Å². The summed E-state index contributed by atoms with van der Waals surface area (Å²) in [4.78, 5) is 27.1. The normalized spacial score (nSPS) is 14.5. The smallest absolute Gasteiger partial charge is 0.269 e. The number of carbonyl (C=O) groups excluding carboxylic acids is 1. The fourth-order valence-electron chi connectivity index (χ4n) is 3.14. The number of hydrogen-bond acceptors (Lipinski definition) is 4. The molecule has 1 fully saturated rings. The van der Waals surface area contributed by atoms with Crippen LogP contribution in [-0.2, 0) is 0 Å². The van der Waals surface area contributed by atoms with Crippen molar-refractivity contribution in [1.82, 2.24) is 4.90 Å². The molecule has 2 aromatic carbocycles. The van der Waals surface area contributed by atoms with E-state index in [1.807, 2.05) is 43.0 Å². The predicted molar refractivity (Wildman–Crippen MR) is 97.1 cm³/mol. The van der Waals surface area contributed by atoms with Crippen LogP contribution in [0.3, 0.4) is 0 Å². The Balaban J connectivity index is 1.66. The van der Waals surface area contributed by atoms with Crippen LogP contribution < -0.4 is 4.90 Å². The first-order chi connectivity index (χ1) is 12.0. The summed E-state index contributed by atoms with van der Waals surface area (Å²) in [7, 11) is 0. The van der Waals surface area contributed by atoms with Crippen molar-refractivity contribution in [2.45, 2.75) is 13.8 Å². The minimum Gasteiger partial charge on any atom is -0.368 e. The lowest BCUT2D eigenvalue weighted by atomic mass is 10.1. The summed E-state index contributed by atoms with van der Waals surface area (Å²) in [5.74, 6) is 0.0556. The van der Waals surface area contributed by atoms with E-state index >= 15 is 0 Å². The zero-order valence-electron chi connectivity index (χ0n) is 14.4. The van der Waals surface area contributed by atoms with Crippen LogP contribution in [0.4, 0.5) is 11.4 Å². The van der Waals surface area contributed by atoms with Gasteiger partial charge in [-0.15, -0.1) is 0 Å². The van der Waals surface area contributed by atoms with E-state index in [-0.39, 0.29) is 16.5 Å². The number of hydrogen-bond donors (Lipinski definition) is 0. The van der Waals surface area contributed by atoms with E-state index in [1.54, 1.807) is 12.1 Å². The largest absolute Gasteiger partial charge is 0.368 e. The first-order valence-corrected chi connectivity index (χ1v) is 8.31. The molecular formula is C19H21N3O3. The summed E-state index contributed by atoms with van der Waals surface area (Å²) in [6.07, 6.45) is 0. The van der Waals surface area contributed by atoms with E-state index in [0.29, 0.717) is 18.7 Å². The number of nitro benzene ring substituents is 1. The highest BCUT2D eigenvalue weighted by Crippen LogP contribution is 2.26. The Hall–Kier alpha value is -2.89. The Labute approximate surface area is 146 Å². The summed E-state index contributed by atoms with van der Waals surface area (Å²) in [5.41, 5.74) is 3.83.